The molecule has 4 nitrogen and oxygen atoms in total. The van der Waals surface area contributed by atoms with Gasteiger partial charge in [-0.1, -0.05) is 65.3 Å². The van der Waals surface area contributed by atoms with Gasteiger partial charge in [0.1, 0.15) is 6.04 Å². The summed E-state index contributed by atoms with van der Waals surface area (Å²) in [7, 11) is 0. The second kappa shape index (κ2) is 9.87. The average molecular weight is 445 g/mol. The number of nitrogens with zero attached hydrogens (tertiary/aromatic N) is 1. The van der Waals surface area contributed by atoms with E-state index in [2.05, 4.69) is 21.2 Å². The van der Waals surface area contributed by atoms with Crippen LogP contribution in [0, 0.1) is 0 Å². The third-order valence-electron chi connectivity index (χ3n) is 4.34. The Morgan fingerprint density at radius 2 is 1.61 bits per heavy atom. The molecule has 0 aromatic heterocycles. The largest absolute Gasteiger partial charge is 0.350 e. The molecule has 1 atom stereocenters. The van der Waals surface area contributed by atoms with Crippen molar-refractivity contribution < 1.29 is 9.59 Å². The molecule has 0 aliphatic carbocycles. The van der Waals surface area contributed by atoms with Crippen LogP contribution in [0.3, 0.4) is 0 Å². The van der Waals surface area contributed by atoms with Crippen LogP contribution in [0.5, 0.6) is 0 Å². The van der Waals surface area contributed by atoms with Crippen LogP contribution in [0.15, 0.2) is 59.1 Å². The summed E-state index contributed by atoms with van der Waals surface area (Å²) < 4.78 is 0.982. The maximum atomic E-state index is 13.2. The van der Waals surface area contributed by atoms with Gasteiger partial charge in [0.25, 0.3) is 0 Å². The van der Waals surface area contributed by atoms with E-state index in [0.29, 0.717) is 19.4 Å². The number of hydrogen-bond acceptors (Lipinski definition) is 2. The van der Waals surface area contributed by atoms with Crippen LogP contribution in [0.4, 0.5) is 0 Å². The summed E-state index contributed by atoms with van der Waals surface area (Å²) in [5.74, 6) is -0.164. The summed E-state index contributed by atoms with van der Waals surface area (Å²) in [6.45, 7) is 8.08. The van der Waals surface area contributed by atoms with E-state index in [1.54, 1.807) is 4.90 Å². The zero-order valence-electron chi connectivity index (χ0n) is 17.0. The fourth-order valence-electron chi connectivity index (χ4n) is 3.00. The monoisotopic (exact) mass is 444 g/mol. The van der Waals surface area contributed by atoms with Gasteiger partial charge in [-0.2, -0.15) is 0 Å². The highest BCUT2D eigenvalue weighted by Gasteiger charge is 2.31. The van der Waals surface area contributed by atoms with Gasteiger partial charge in [0.2, 0.25) is 11.8 Å². The molecule has 2 aromatic carbocycles. The Labute approximate surface area is 176 Å². The van der Waals surface area contributed by atoms with Crippen LogP contribution in [-0.2, 0) is 22.6 Å². The zero-order chi connectivity index (χ0) is 20.7. The fraction of sp³-hybridized carbons (Fsp3) is 0.391. The minimum absolute atomic E-state index is 0.0343. The van der Waals surface area contributed by atoms with Gasteiger partial charge >= 0.3 is 0 Å². The molecule has 150 valence electrons. The molecule has 5 heteroatoms. The third-order valence-corrected chi connectivity index (χ3v) is 4.87. The van der Waals surface area contributed by atoms with Gasteiger partial charge in [-0.05, 0) is 44.0 Å². The second-order valence-electron chi connectivity index (χ2n) is 7.95. The number of benzene rings is 2. The highest BCUT2D eigenvalue weighted by Crippen LogP contribution is 2.18. The first-order valence-corrected chi connectivity index (χ1v) is 10.4. The standard InChI is InChI=1S/C23H29BrN2O2/c1-5-21(27)26(16-18-11-13-19(24)14-12-18)20(22(28)25-23(2,3)4)15-17-9-7-6-8-10-17/h6-14,20H,5,15-16H2,1-4H3,(H,25,28)/t20-/m0/s1. The Hall–Kier alpha value is -2.14. The smallest absolute Gasteiger partial charge is 0.243 e. The van der Waals surface area contributed by atoms with Crippen LogP contribution >= 0.6 is 15.9 Å². The number of rotatable bonds is 7. The van der Waals surface area contributed by atoms with Crippen LogP contribution in [0.25, 0.3) is 0 Å². The van der Waals surface area contributed by atoms with Gasteiger partial charge in [-0.25, -0.2) is 0 Å². The quantitative estimate of drug-likeness (QED) is 0.671. The fourth-order valence-corrected chi connectivity index (χ4v) is 3.26. The lowest BCUT2D eigenvalue weighted by Gasteiger charge is -2.33. The molecule has 2 amide bonds. The lowest BCUT2D eigenvalue weighted by molar-refractivity contribution is -0.141. The summed E-state index contributed by atoms with van der Waals surface area (Å²) in [6, 6.07) is 17.1. The van der Waals surface area contributed by atoms with Crippen molar-refractivity contribution in [3.63, 3.8) is 0 Å². The van der Waals surface area contributed by atoms with Crippen molar-refractivity contribution in [2.75, 3.05) is 0 Å². The summed E-state index contributed by atoms with van der Waals surface area (Å²) in [4.78, 5) is 27.7. The lowest BCUT2D eigenvalue weighted by atomic mass is 10.0. The molecule has 0 saturated heterocycles. The number of nitrogens with one attached hydrogen (secondary N) is 1. The molecule has 2 rings (SSSR count). The van der Waals surface area contributed by atoms with Gasteiger partial charge < -0.3 is 10.2 Å². The Balaban J connectivity index is 2.36. The van der Waals surface area contributed by atoms with Crippen molar-refractivity contribution in [2.24, 2.45) is 0 Å². The van der Waals surface area contributed by atoms with E-state index in [-0.39, 0.29) is 17.4 Å². The van der Waals surface area contributed by atoms with E-state index in [9.17, 15) is 9.59 Å². The average Bonchev–Trinajstić information content (AvgIpc) is 2.65. The molecule has 0 saturated carbocycles. The molecular formula is C23H29BrN2O2. The zero-order valence-corrected chi connectivity index (χ0v) is 18.6. The van der Waals surface area contributed by atoms with E-state index in [1.807, 2.05) is 82.3 Å². The van der Waals surface area contributed by atoms with Gasteiger partial charge in [0, 0.05) is 29.4 Å². The summed E-state index contributed by atoms with van der Waals surface area (Å²) >= 11 is 3.44. The Morgan fingerprint density at radius 3 is 2.14 bits per heavy atom. The second-order valence-corrected chi connectivity index (χ2v) is 8.86. The molecule has 0 aliphatic heterocycles. The first-order valence-electron chi connectivity index (χ1n) is 9.59. The van der Waals surface area contributed by atoms with Crippen molar-refractivity contribution in [2.45, 2.75) is 58.7 Å². The Kier molecular flexibility index (Phi) is 7.81. The highest BCUT2D eigenvalue weighted by atomic mass is 79.9. The summed E-state index contributed by atoms with van der Waals surface area (Å²) in [6.07, 6.45) is 0.829. The topological polar surface area (TPSA) is 49.4 Å². The van der Waals surface area contributed by atoms with Gasteiger partial charge in [-0.3, -0.25) is 9.59 Å². The number of hydrogen-bond donors (Lipinski definition) is 1. The van der Waals surface area contributed by atoms with Crippen molar-refractivity contribution in [3.8, 4) is 0 Å². The Morgan fingerprint density at radius 1 is 1.00 bits per heavy atom. The molecule has 0 bridgehead atoms. The third kappa shape index (κ3) is 6.79. The first-order chi connectivity index (χ1) is 13.2. The van der Waals surface area contributed by atoms with Crippen molar-refractivity contribution in [1.29, 1.82) is 0 Å². The molecule has 28 heavy (non-hydrogen) atoms. The van der Waals surface area contributed by atoms with Crippen molar-refractivity contribution in [1.82, 2.24) is 10.2 Å². The van der Waals surface area contributed by atoms with E-state index >= 15 is 0 Å². The molecule has 0 fully saturated rings. The maximum Gasteiger partial charge on any atom is 0.243 e. The van der Waals surface area contributed by atoms with E-state index in [0.717, 1.165) is 15.6 Å². The first kappa shape index (κ1) is 22.2. The molecule has 0 heterocycles. The normalized spacial score (nSPS) is 12.3. The number of halogens is 1. The van der Waals surface area contributed by atoms with Gasteiger partial charge in [-0.15, -0.1) is 0 Å². The summed E-state index contributed by atoms with van der Waals surface area (Å²) in [5, 5.41) is 3.05. The molecule has 0 spiro atoms. The van der Waals surface area contributed by atoms with E-state index < -0.39 is 6.04 Å². The minimum atomic E-state index is -0.572. The van der Waals surface area contributed by atoms with Gasteiger partial charge in [0.15, 0.2) is 0 Å². The highest BCUT2D eigenvalue weighted by molar-refractivity contribution is 9.10. The molecular weight excluding hydrogens is 416 g/mol. The molecule has 2 aromatic rings. The van der Waals surface area contributed by atoms with Crippen LogP contribution < -0.4 is 5.32 Å². The number of amides is 2. The Bertz CT molecular complexity index is 782. The van der Waals surface area contributed by atoms with Gasteiger partial charge in [0.05, 0.1) is 0 Å². The maximum absolute atomic E-state index is 13.2. The predicted octanol–water partition coefficient (Wildman–Crippen LogP) is 4.71. The summed E-state index contributed by atoms with van der Waals surface area (Å²) in [5.41, 5.74) is 1.65. The van der Waals surface area contributed by atoms with Crippen molar-refractivity contribution in [3.05, 3.63) is 70.2 Å². The number of carbonyl (C=O) groups is 2. The molecule has 0 unspecified atom stereocenters. The number of carbonyl (C=O) groups excluding carboxylic acids is 2. The minimum Gasteiger partial charge on any atom is -0.350 e. The van der Waals surface area contributed by atoms with Crippen LogP contribution in [-0.4, -0.2) is 28.3 Å². The van der Waals surface area contributed by atoms with E-state index in [4.69, 9.17) is 0 Å². The van der Waals surface area contributed by atoms with Crippen LogP contribution in [0.2, 0.25) is 0 Å². The molecule has 0 radical (unpaired) electrons. The lowest BCUT2D eigenvalue weighted by Crippen LogP contribution is -2.54. The molecule has 1 N–H and O–H groups in total. The predicted molar refractivity (Wildman–Crippen MR) is 117 cm³/mol. The van der Waals surface area contributed by atoms with E-state index in [1.165, 1.54) is 0 Å². The molecule has 0 aliphatic rings. The van der Waals surface area contributed by atoms with Crippen molar-refractivity contribution >= 4 is 27.7 Å². The SMILES string of the molecule is CCC(=O)N(Cc1ccc(Br)cc1)[C@@H](Cc1ccccc1)C(=O)NC(C)(C)C. The van der Waals surface area contributed by atoms with Crippen LogP contribution in [0.1, 0.15) is 45.2 Å².